The second-order valence-corrected chi connectivity index (χ2v) is 5.15. The highest BCUT2D eigenvalue weighted by Crippen LogP contribution is 2.37. The Kier molecular flexibility index (Phi) is 2.84. The molecule has 1 atom stereocenters. The Bertz CT molecular complexity index is 483. The summed E-state index contributed by atoms with van der Waals surface area (Å²) in [6.45, 7) is 0.996. The maximum Gasteiger partial charge on any atom is 0.230 e. The molecule has 3 N–H and O–H groups in total. The molecule has 0 saturated heterocycles. The lowest BCUT2D eigenvalue weighted by Crippen LogP contribution is -2.30. The second-order valence-electron chi connectivity index (χ2n) is 5.15. The number of anilines is 1. The zero-order valence-electron chi connectivity index (χ0n) is 10.3. The molecule has 1 aliphatic heterocycles. The van der Waals surface area contributed by atoms with Crippen molar-refractivity contribution in [1.29, 1.82) is 0 Å². The van der Waals surface area contributed by atoms with E-state index in [2.05, 4.69) is 0 Å². The van der Waals surface area contributed by atoms with Crippen molar-refractivity contribution in [3.8, 4) is 0 Å². The standard InChI is InChI=1S/C14H18N2O2/c15-8-13(17)11-3-4-12-10(7-11)5-6-16(12)14(18)9-1-2-9/h3-4,7,9,13,17H,1-2,5-6,8,15H2. The first-order chi connectivity index (χ1) is 8.70. The van der Waals surface area contributed by atoms with E-state index in [1.807, 2.05) is 23.1 Å². The molecule has 1 amide bonds. The first kappa shape index (κ1) is 11.7. The zero-order valence-corrected chi connectivity index (χ0v) is 10.3. The molecule has 2 aliphatic rings. The van der Waals surface area contributed by atoms with Crippen LogP contribution in [0.2, 0.25) is 0 Å². The van der Waals surface area contributed by atoms with Crippen LogP contribution in [-0.2, 0) is 11.2 Å². The van der Waals surface area contributed by atoms with Gasteiger partial charge in [0.05, 0.1) is 6.10 Å². The van der Waals surface area contributed by atoms with E-state index in [1.165, 1.54) is 0 Å². The SMILES string of the molecule is NCC(O)c1ccc2c(c1)CCN2C(=O)C1CC1. The number of aliphatic hydroxyl groups excluding tert-OH is 1. The molecule has 3 rings (SSSR count). The number of rotatable bonds is 3. The average Bonchev–Trinajstić information content (AvgIpc) is 3.16. The number of carbonyl (C=O) groups is 1. The number of aliphatic hydroxyl groups is 1. The highest BCUT2D eigenvalue weighted by molar-refractivity contribution is 5.98. The van der Waals surface area contributed by atoms with Crippen molar-refractivity contribution in [3.05, 3.63) is 29.3 Å². The van der Waals surface area contributed by atoms with E-state index in [9.17, 15) is 9.90 Å². The van der Waals surface area contributed by atoms with Gasteiger partial charge in [-0.05, 0) is 36.5 Å². The maximum atomic E-state index is 12.1. The van der Waals surface area contributed by atoms with Crippen LogP contribution in [0.1, 0.15) is 30.1 Å². The van der Waals surface area contributed by atoms with Gasteiger partial charge in [-0.1, -0.05) is 12.1 Å². The zero-order chi connectivity index (χ0) is 12.7. The Balaban J connectivity index is 1.86. The van der Waals surface area contributed by atoms with Gasteiger partial charge in [0.2, 0.25) is 5.91 Å². The van der Waals surface area contributed by atoms with Crippen molar-refractivity contribution in [2.24, 2.45) is 11.7 Å². The van der Waals surface area contributed by atoms with Gasteiger partial charge < -0.3 is 15.7 Å². The van der Waals surface area contributed by atoms with Gasteiger partial charge in [-0.3, -0.25) is 4.79 Å². The second kappa shape index (κ2) is 4.37. The first-order valence-electron chi connectivity index (χ1n) is 6.53. The quantitative estimate of drug-likeness (QED) is 0.835. The van der Waals surface area contributed by atoms with Gasteiger partial charge >= 0.3 is 0 Å². The number of fused-ring (bicyclic) bond motifs is 1. The van der Waals surface area contributed by atoms with Gasteiger partial charge in [0.15, 0.2) is 0 Å². The minimum absolute atomic E-state index is 0.226. The molecule has 4 nitrogen and oxygen atoms in total. The number of nitrogens with two attached hydrogens (primary N) is 1. The van der Waals surface area contributed by atoms with Gasteiger partial charge in [0, 0.05) is 24.7 Å². The molecular formula is C14H18N2O2. The lowest BCUT2D eigenvalue weighted by Gasteiger charge is -2.17. The fourth-order valence-electron chi connectivity index (χ4n) is 2.54. The molecule has 1 aliphatic carbocycles. The maximum absolute atomic E-state index is 12.1. The molecule has 0 spiro atoms. The Hall–Kier alpha value is -1.39. The topological polar surface area (TPSA) is 66.6 Å². The van der Waals surface area contributed by atoms with Crippen LogP contribution in [0, 0.1) is 5.92 Å². The molecule has 18 heavy (non-hydrogen) atoms. The van der Waals surface area contributed by atoms with Crippen LogP contribution < -0.4 is 10.6 Å². The number of benzene rings is 1. The minimum atomic E-state index is -0.608. The lowest BCUT2D eigenvalue weighted by molar-refractivity contribution is -0.119. The highest BCUT2D eigenvalue weighted by Gasteiger charge is 2.36. The number of carbonyl (C=O) groups excluding carboxylic acids is 1. The Morgan fingerprint density at radius 3 is 2.94 bits per heavy atom. The van der Waals surface area contributed by atoms with Gasteiger partial charge in [-0.2, -0.15) is 0 Å². The largest absolute Gasteiger partial charge is 0.387 e. The number of hydrogen-bond acceptors (Lipinski definition) is 3. The van der Waals surface area contributed by atoms with Crippen molar-refractivity contribution >= 4 is 11.6 Å². The van der Waals surface area contributed by atoms with Crippen molar-refractivity contribution in [2.75, 3.05) is 18.0 Å². The predicted molar refractivity (Wildman–Crippen MR) is 69.2 cm³/mol. The fraction of sp³-hybridized carbons (Fsp3) is 0.500. The fourth-order valence-corrected chi connectivity index (χ4v) is 2.54. The number of hydrogen-bond donors (Lipinski definition) is 2. The third kappa shape index (κ3) is 1.91. The molecule has 1 aromatic rings. The molecule has 1 heterocycles. The Morgan fingerprint density at radius 1 is 1.50 bits per heavy atom. The van der Waals surface area contributed by atoms with Gasteiger partial charge in [0.25, 0.3) is 0 Å². The Labute approximate surface area is 106 Å². The van der Waals surface area contributed by atoms with E-state index < -0.39 is 6.10 Å². The molecule has 96 valence electrons. The summed E-state index contributed by atoms with van der Waals surface area (Å²) in [5.41, 5.74) is 8.46. The summed E-state index contributed by atoms with van der Waals surface area (Å²) in [5, 5.41) is 9.73. The third-order valence-electron chi connectivity index (χ3n) is 3.80. The van der Waals surface area contributed by atoms with Gasteiger partial charge in [-0.25, -0.2) is 0 Å². The monoisotopic (exact) mass is 246 g/mol. The average molecular weight is 246 g/mol. The van der Waals surface area contributed by atoms with E-state index in [0.717, 1.165) is 42.6 Å². The van der Waals surface area contributed by atoms with Crippen molar-refractivity contribution in [3.63, 3.8) is 0 Å². The van der Waals surface area contributed by atoms with E-state index in [-0.39, 0.29) is 18.4 Å². The van der Waals surface area contributed by atoms with Crippen LogP contribution in [0.3, 0.4) is 0 Å². The van der Waals surface area contributed by atoms with Crippen LogP contribution in [0.5, 0.6) is 0 Å². The number of amides is 1. The summed E-state index contributed by atoms with van der Waals surface area (Å²) in [4.78, 5) is 14.0. The lowest BCUT2D eigenvalue weighted by atomic mass is 10.0. The van der Waals surface area contributed by atoms with Crippen LogP contribution in [0.25, 0.3) is 0 Å². The van der Waals surface area contributed by atoms with Crippen molar-refractivity contribution < 1.29 is 9.90 Å². The third-order valence-corrected chi connectivity index (χ3v) is 3.80. The van der Waals surface area contributed by atoms with Crippen LogP contribution in [-0.4, -0.2) is 24.1 Å². The van der Waals surface area contributed by atoms with Gasteiger partial charge in [-0.15, -0.1) is 0 Å². The smallest absolute Gasteiger partial charge is 0.230 e. The highest BCUT2D eigenvalue weighted by atomic mass is 16.3. The summed E-state index contributed by atoms with van der Waals surface area (Å²) in [6, 6.07) is 5.79. The molecule has 4 heteroatoms. The number of nitrogens with zero attached hydrogens (tertiary/aromatic N) is 1. The molecule has 0 radical (unpaired) electrons. The summed E-state index contributed by atoms with van der Waals surface area (Å²) in [6.07, 6.45) is 2.34. The molecule has 1 unspecified atom stereocenters. The molecule has 0 bridgehead atoms. The summed E-state index contributed by atoms with van der Waals surface area (Å²) in [5.74, 6) is 0.520. The summed E-state index contributed by atoms with van der Waals surface area (Å²) in [7, 11) is 0. The normalized spacial score (nSPS) is 19.8. The van der Waals surface area contributed by atoms with Crippen LogP contribution >= 0.6 is 0 Å². The van der Waals surface area contributed by atoms with Crippen LogP contribution in [0.4, 0.5) is 5.69 Å². The summed E-state index contributed by atoms with van der Waals surface area (Å²) < 4.78 is 0. The molecule has 0 aromatic heterocycles. The minimum Gasteiger partial charge on any atom is -0.387 e. The molecule has 1 aromatic carbocycles. The molecule has 1 saturated carbocycles. The van der Waals surface area contributed by atoms with Crippen molar-refractivity contribution in [2.45, 2.75) is 25.4 Å². The van der Waals surface area contributed by atoms with Crippen LogP contribution in [0.15, 0.2) is 18.2 Å². The van der Waals surface area contributed by atoms with Gasteiger partial charge in [0.1, 0.15) is 0 Å². The first-order valence-corrected chi connectivity index (χ1v) is 6.53. The van der Waals surface area contributed by atoms with E-state index >= 15 is 0 Å². The predicted octanol–water partition coefficient (Wildman–Crippen LogP) is 0.978. The van der Waals surface area contributed by atoms with Crippen molar-refractivity contribution in [1.82, 2.24) is 0 Å². The van der Waals surface area contributed by atoms with E-state index in [1.54, 1.807) is 0 Å². The molecular weight excluding hydrogens is 228 g/mol. The van der Waals surface area contributed by atoms with E-state index in [0.29, 0.717) is 0 Å². The summed E-state index contributed by atoms with van der Waals surface area (Å²) >= 11 is 0. The Morgan fingerprint density at radius 2 is 2.28 bits per heavy atom. The van der Waals surface area contributed by atoms with E-state index in [4.69, 9.17) is 5.73 Å². The molecule has 1 fully saturated rings.